The number of carbonyl (C=O) groups is 4. The second-order valence-corrected chi connectivity index (χ2v) is 20.4. The van der Waals surface area contributed by atoms with Gasteiger partial charge in [0.1, 0.15) is 17.1 Å². The Morgan fingerprint density at radius 2 is 1.66 bits per heavy atom. The topological polar surface area (TPSA) is 183 Å². The van der Waals surface area contributed by atoms with E-state index in [9.17, 15) is 24.3 Å². The zero-order valence-corrected chi connectivity index (χ0v) is 40.5. The molecule has 364 valence electrons. The van der Waals surface area contributed by atoms with Gasteiger partial charge < -0.3 is 24.1 Å². The Morgan fingerprint density at radius 1 is 0.831 bits per heavy atom. The molecule has 3 fully saturated rings. The first kappa shape index (κ1) is 46.2. The van der Waals surface area contributed by atoms with Crippen molar-refractivity contribution in [3.8, 4) is 16.9 Å². The molecule has 3 aliphatic heterocycles. The minimum atomic E-state index is -1.10. The van der Waals surface area contributed by atoms with Crippen molar-refractivity contribution in [3.63, 3.8) is 0 Å². The smallest absolute Gasteiger partial charge is 0.355 e. The lowest BCUT2D eigenvalue weighted by Crippen LogP contribution is -2.46. The summed E-state index contributed by atoms with van der Waals surface area (Å²) < 4.78 is 13.7. The van der Waals surface area contributed by atoms with E-state index in [4.69, 9.17) is 19.1 Å². The van der Waals surface area contributed by atoms with Crippen molar-refractivity contribution in [3.05, 3.63) is 125 Å². The van der Waals surface area contributed by atoms with Gasteiger partial charge in [0, 0.05) is 56.8 Å². The standard InChI is InChI=1S/C55H56N8O7S/c1-33-30-38(69-37-14-11-34(12-15-37)6-5-24-61-26-28-62(29-27-61)55-57-45-31-36(13-20-46(45)70-55)40-19-22-49(64)59-51(40)65)16-17-39(33)41-18-21-48(58-50(41)53(67)68)63-25-23-35-7-4-8-42(43(35)32-63)52(66)60-54-56-44-9-2-3-10-47(44)71-54/h2-4,7-10,13,16-18,20-21,30-31,34,37,40H,5-6,11-12,14-15,19,22-29,32H2,1H3,(H,67,68)(H,56,60,66)(H,59,64,65). The molecule has 1 atom stereocenters. The van der Waals surface area contributed by atoms with Gasteiger partial charge in [-0.1, -0.05) is 47.7 Å². The maximum atomic E-state index is 13.6. The van der Waals surface area contributed by atoms with Crippen LogP contribution in [-0.4, -0.2) is 94.0 Å². The number of amides is 3. The third-order valence-electron chi connectivity index (χ3n) is 14.8. The summed E-state index contributed by atoms with van der Waals surface area (Å²) in [6.07, 6.45) is 8.34. The number of thiazole rings is 1. The minimum absolute atomic E-state index is 0.0165. The molecule has 1 saturated carbocycles. The summed E-state index contributed by atoms with van der Waals surface area (Å²) >= 11 is 1.44. The molecule has 3 N–H and O–H groups in total. The predicted molar refractivity (Wildman–Crippen MR) is 274 cm³/mol. The highest BCUT2D eigenvalue weighted by Gasteiger charge is 2.30. The molecule has 3 amide bonds. The number of hydrogen-bond donors (Lipinski definition) is 3. The number of aromatic carboxylic acids is 1. The third kappa shape index (κ3) is 9.95. The molecular formula is C55H56N8O7S. The highest BCUT2D eigenvalue weighted by molar-refractivity contribution is 7.22. The molecule has 16 heteroatoms. The van der Waals surface area contributed by atoms with Gasteiger partial charge in [-0.25, -0.2) is 14.8 Å². The van der Waals surface area contributed by atoms with Crippen LogP contribution < -0.4 is 25.2 Å². The molecular weight excluding hydrogens is 917 g/mol. The number of piperidine rings is 1. The van der Waals surface area contributed by atoms with Gasteiger partial charge >= 0.3 is 5.97 Å². The Balaban J connectivity index is 0.646. The van der Waals surface area contributed by atoms with Crippen LogP contribution in [0.2, 0.25) is 0 Å². The van der Waals surface area contributed by atoms with Gasteiger partial charge in [0.25, 0.3) is 11.9 Å². The molecule has 2 saturated heterocycles. The molecule has 15 nitrogen and oxygen atoms in total. The number of carbonyl (C=O) groups excluding carboxylic acids is 3. The average Bonchev–Trinajstić information content (AvgIpc) is 4.00. The first-order valence-corrected chi connectivity index (χ1v) is 25.7. The first-order valence-electron chi connectivity index (χ1n) is 24.8. The van der Waals surface area contributed by atoms with Crippen molar-refractivity contribution < 1.29 is 33.4 Å². The number of carboxylic acid groups (broad SMARTS) is 1. The number of hydrogen-bond acceptors (Lipinski definition) is 13. The van der Waals surface area contributed by atoms with Crippen LogP contribution in [0.5, 0.6) is 5.75 Å². The molecule has 6 heterocycles. The number of ether oxygens (including phenoxy) is 1. The fourth-order valence-corrected chi connectivity index (χ4v) is 11.8. The van der Waals surface area contributed by atoms with Crippen LogP contribution in [0.4, 0.5) is 17.0 Å². The number of nitrogens with one attached hydrogen (secondary N) is 2. The summed E-state index contributed by atoms with van der Waals surface area (Å²) in [5.41, 5.74) is 7.92. The van der Waals surface area contributed by atoms with E-state index in [2.05, 4.69) is 25.4 Å². The van der Waals surface area contributed by atoms with Crippen molar-refractivity contribution in [1.82, 2.24) is 25.2 Å². The first-order chi connectivity index (χ1) is 34.6. The molecule has 7 aromatic rings. The predicted octanol–water partition coefficient (Wildman–Crippen LogP) is 9.38. The van der Waals surface area contributed by atoms with E-state index in [1.165, 1.54) is 17.8 Å². The Morgan fingerprint density at radius 3 is 2.46 bits per heavy atom. The summed E-state index contributed by atoms with van der Waals surface area (Å²) in [4.78, 5) is 71.3. The zero-order chi connectivity index (χ0) is 48.6. The van der Waals surface area contributed by atoms with Crippen molar-refractivity contribution >= 4 is 73.3 Å². The second-order valence-electron chi connectivity index (χ2n) is 19.4. The zero-order valence-electron chi connectivity index (χ0n) is 39.7. The molecule has 71 heavy (non-hydrogen) atoms. The number of carboxylic acids is 1. The molecule has 0 radical (unpaired) electrons. The largest absolute Gasteiger partial charge is 0.490 e. The van der Waals surface area contributed by atoms with Crippen molar-refractivity contribution in [2.45, 2.75) is 83.3 Å². The van der Waals surface area contributed by atoms with Crippen LogP contribution in [0, 0.1) is 12.8 Å². The van der Waals surface area contributed by atoms with Crippen LogP contribution in [0.3, 0.4) is 0 Å². The molecule has 4 aromatic carbocycles. The Labute approximate surface area is 415 Å². The summed E-state index contributed by atoms with van der Waals surface area (Å²) in [6, 6.07) is 29.5. The lowest BCUT2D eigenvalue weighted by Gasteiger charge is -2.34. The highest BCUT2D eigenvalue weighted by atomic mass is 32.1. The van der Waals surface area contributed by atoms with Crippen molar-refractivity contribution in [2.24, 2.45) is 5.92 Å². The van der Waals surface area contributed by atoms with Gasteiger partial charge in [-0.2, -0.15) is 4.98 Å². The molecule has 3 aromatic heterocycles. The summed E-state index contributed by atoms with van der Waals surface area (Å²) in [6.45, 7) is 7.68. The summed E-state index contributed by atoms with van der Waals surface area (Å²) in [5, 5.41) is 16.4. The molecule has 0 spiro atoms. The molecule has 11 rings (SSSR count). The maximum absolute atomic E-state index is 13.6. The van der Waals surface area contributed by atoms with Crippen LogP contribution in [0.15, 0.2) is 95.4 Å². The Hall–Kier alpha value is -7.17. The van der Waals surface area contributed by atoms with Crippen LogP contribution in [0.25, 0.3) is 32.4 Å². The van der Waals surface area contributed by atoms with Gasteiger partial charge in [0.15, 0.2) is 16.4 Å². The third-order valence-corrected chi connectivity index (χ3v) is 15.7. The maximum Gasteiger partial charge on any atom is 0.355 e. The molecule has 1 unspecified atom stereocenters. The normalized spacial score (nSPS) is 19.7. The van der Waals surface area contributed by atoms with Gasteiger partial charge in [-0.3, -0.25) is 29.9 Å². The number of benzene rings is 4. The van der Waals surface area contributed by atoms with Gasteiger partial charge in [-0.05, 0) is 153 Å². The number of imide groups is 1. The monoisotopic (exact) mass is 972 g/mol. The number of oxazole rings is 1. The number of piperazine rings is 1. The van der Waals surface area contributed by atoms with E-state index in [1.807, 2.05) is 103 Å². The average molecular weight is 973 g/mol. The quantitative estimate of drug-likeness (QED) is 0.0930. The fourth-order valence-electron chi connectivity index (χ4n) is 10.9. The van der Waals surface area contributed by atoms with Gasteiger partial charge in [0.05, 0.1) is 22.2 Å². The van der Waals surface area contributed by atoms with Gasteiger partial charge in [-0.15, -0.1) is 0 Å². The highest BCUT2D eigenvalue weighted by Crippen LogP contribution is 2.36. The van der Waals surface area contributed by atoms with Crippen molar-refractivity contribution in [2.75, 3.05) is 54.4 Å². The minimum Gasteiger partial charge on any atom is -0.490 e. The number of anilines is 3. The van der Waals surface area contributed by atoms with E-state index in [0.29, 0.717) is 71.9 Å². The van der Waals surface area contributed by atoms with E-state index >= 15 is 0 Å². The lowest BCUT2D eigenvalue weighted by molar-refractivity contribution is -0.134. The fraction of sp³-hybridized carbons (Fsp3) is 0.364. The van der Waals surface area contributed by atoms with Crippen LogP contribution >= 0.6 is 11.3 Å². The number of para-hydroxylation sites is 1. The number of pyridine rings is 1. The number of nitrogens with zero attached hydrogens (tertiary/aromatic N) is 6. The number of rotatable bonds is 13. The van der Waals surface area contributed by atoms with E-state index in [0.717, 1.165) is 114 Å². The Bertz CT molecular complexity index is 3140. The van der Waals surface area contributed by atoms with E-state index in [1.54, 1.807) is 0 Å². The van der Waals surface area contributed by atoms with Gasteiger partial charge in [0.2, 0.25) is 11.8 Å². The summed E-state index contributed by atoms with van der Waals surface area (Å²) in [5.74, 6) is -0.120. The van der Waals surface area contributed by atoms with Crippen LogP contribution in [-0.2, 0) is 22.6 Å². The van der Waals surface area contributed by atoms with Crippen LogP contribution in [0.1, 0.15) is 100 Å². The lowest BCUT2D eigenvalue weighted by atomic mass is 9.84. The van der Waals surface area contributed by atoms with Crippen molar-refractivity contribution in [1.29, 1.82) is 0 Å². The summed E-state index contributed by atoms with van der Waals surface area (Å²) in [7, 11) is 0. The van der Waals surface area contributed by atoms with E-state index < -0.39 is 5.97 Å². The molecule has 1 aliphatic carbocycles. The Kier molecular flexibility index (Phi) is 13.0. The molecule has 0 bridgehead atoms. The number of aryl methyl sites for hydroxylation is 1. The molecule has 4 aliphatic rings. The SMILES string of the molecule is Cc1cc(OC2CCC(CCCN3CCN(c4nc5cc(C6CCC(=O)NC6=O)ccc5o4)CC3)CC2)ccc1-c1ccc(N2CCc3cccc(C(=O)Nc4nc5ccccc5s4)c3C2)nc1C(=O)O. The van der Waals surface area contributed by atoms with E-state index in [-0.39, 0.29) is 35.4 Å². The number of aromatic nitrogens is 3. The second kappa shape index (κ2) is 19.9. The number of fused-ring (bicyclic) bond motifs is 3.